The molecule has 0 aromatic carbocycles. The molecule has 0 aliphatic carbocycles. The molecule has 108 valence electrons. The smallest absolute Gasteiger partial charge is 0.328 e. The summed E-state index contributed by atoms with van der Waals surface area (Å²) in [6.07, 6.45) is 4.15. The predicted molar refractivity (Wildman–Crippen MR) is 77.6 cm³/mol. The van der Waals surface area contributed by atoms with Crippen molar-refractivity contribution in [1.29, 1.82) is 0 Å². The molecule has 6 nitrogen and oxygen atoms in total. The molecule has 1 heterocycles. The maximum atomic E-state index is 11.5. The van der Waals surface area contributed by atoms with Crippen molar-refractivity contribution in [2.45, 2.75) is 13.8 Å². The third-order valence-corrected chi connectivity index (χ3v) is 2.78. The van der Waals surface area contributed by atoms with E-state index in [0.717, 1.165) is 17.5 Å². The summed E-state index contributed by atoms with van der Waals surface area (Å²) >= 11 is 0. The van der Waals surface area contributed by atoms with Gasteiger partial charge in [-0.1, -0.05) is 0 Å². The second-order valence-electron chi connectivity index (χ2n) is 4.27. The Balaban J connectivity index is 2.95. The van der Waals surface area contributed by atoms with E-state index in [2.05, 4.69) is 10.3 Å². The molecule has 0 aliphatic rings. The van der Waals surface area contributed by atoms with Crippen molar-refractivity contribution in [3.8, 4) is 0 Å². The van der Waals surface area contributed by atoms with Crippen LogP contribution in [0.1, 0.15) is 18.1 Å². The van der Waals surface area contributed by atoms with Gasteiger partial charge in [0, 0.05) is 25.9 Å². The van der Waals surface area contributed by atoms with Crippen molar-refractivity contribution in [2.75, 3.05) is 25.0 Å². The molecule has 0 unspecified atom stereocenters. The third kappa shape index (κ3) is 4.38. The number of pyridine rings is 1. The number of likely N-dealkylation sites (N-methyl/N-ethyl adjacent to an activating group) is 2. The first-order valence-electron chi connectivity index (χ1n) is 6.31. The number of aromatic nitrogens is 1. The molecule has 0 radical (unpaired) electrons. The molecule has 0 spiro atoms. The normalized spacial score (nSPS) is 10.6. The number of hydrogen-bond donors (Lipinski definition) is 2. The van der Waals surface area contributed by atoms with Crippen molar-refractivity contribution in [2.24, 2.45) is 0 Å². The first-order valence-corrected chi connectivity index (χ1v) is 6.31. The second-order valence-corrected chi connectivity index (χ2v) is 4.27. The number of amides is 1. The predicted octanol–water partition coefficient (Wildman–Crippen LogP) is 1.06. The zero-order chi connectivity index (χ0) is 15.1. The van der Waals surface area contributed by atoms with Crippen LogP contribution in [0.15, 0.2) is 18.3 Å². The number of hydrogen-bond acceptors (Lipinski definition) is 4. The number of aliphatic carboxylic acids is 1. The van der Waals surface area contributed by atoms with E-state index < -0.39 is 5.97 Å². The first-order chi connectivity index (χ1) is 9.47. The number of carbonyl (C=O) groups is 2. The van der Waals surface area contributed by atoms with Crippen LogP contribution in [0.4, 0.5) is 5.82 Å². The number of rotatable bonds is 6. The van der Waals surface area contributed by atoms with Crippen LogP contribution in [0, 0.1) is 6.92 Å². The third-order valence-electron chi connectivity index (χ3n) is 2.78. The number of nitrogens with zero attached hydrogens (tertiary/aromatic N) is 2. The lowest BCUT2D eigenvalue weighted by atomic mass is 10.2. The van der Waals surface area contributed by atoms with Gasteiger partial charge in [0.15, 0.2) is 0 Å². The highest BCUT2D eigenvalue weighted by molar-refractivity contribution is 5.85. The molecule has 0 aliphatic heterocycles. The number of aryl methyl sites for hydroxylation is 1. The van der Waals surface area contributed by atoms with Gasteiger partial charge in [0.25, 0.3) is 0 Å². The van der Waals surface area contributed by atoms with Crippen molar-refractivity contribution >= 4 is 23.8 Å². The Morgan fingerprint density at radius 2 is 2.20 bits per heavy atom. The number of carbonyl (C=O) groups excluding carboxylic acids is 1. The number of carboxylic acids is 1. The van der Waals surface area contributed by atoms with Gasteiger partial charge in [-0.05, 0) is 37.1 Å². The molecule has 6 heteroatoms. The highest BCUT2D eigenvalue weighted by Gasteiger charge is 2.12. The topological polar surface area (TPSA) is 82.5 Å². The van der Waals surface area contributed by atoms with Crippen molar-refractivity contribution in [1.82, 2.24) is 10.3 Å². The summed E-state index contributed by atoms with van der Waals surface area (Å²) < 4.78 is 0. The Hall–Kier alpha value is -2.37. The van der Waals surface area contributed by atoms with Gasteiger partial charge in [-0.15, -0.1) is 0 Å². The molecule has 2 N–H and O–H groups in total. The molecule has 0 fully saturated rings. The fraction of sp³-hybridized carbons (Fsp3) is 0.357. The summed E-state index contributed by atoms with van der Waals surface area (Å²) in [7, 11) is 1.59. The van der Waals surface area contributed by atoms with E-state index in [-0.39, 0.29) is 12.5 Å². The zero-order valence-corrected chi connectivity index (χ0v) is 11.9. The Labute approximate surface area is 118 Å². The van der Waals surface area contributed by atoms with Crippen LogP contribution in [0.2, 0.25) is 0 Å². The minimum Gasteiger partial charge on any atom is -0.478 e. The lowest BCUT2D eigenvalue weighted by Gasteiger charge is -2.22. The zero-order valence-electron chi connectivity index (χ0n) is 11.9. The van der Waals surface area contributed by atoms with Crippen LogP contribution in [-0.2, 0) is 9.59 Å². The lowest BCUT2D eigenvalue weighted by Crippen LogP contribution is -2.36. The van der Waals surface area contributed by atoms with Gasteiger partial charge in [-0.3, -0.25) is 4.79 Å². The number of nitrogens with one attached hydrogen (secondary N) is 1. The van der Waals surface area contributed by atoms with Gasteiger partial charge >= 0.3 is 5.97 Å². The summed E-state index contributed by atoms with van der Waals surface area (Å²) in [5, 5.41) is 11.2. The average molecular weight is 277 g/mol. The Bertz CT molecular complexity index is 526. The van der Waals surface area contributed by atoms with Gasteiger partial charge < -0.3 is 15.3 Å². The standard InChI is InChI=1S/C14H19N3O3/c1-4-17(9-12(18)15-3)14-10(2)7-11(8-16-14)5-6-13(19)20/h5-8H,4,9H2,1-3H3,(H,15,18)(H,19,20)/b6-5+. The van der Waals surface area contributed by atoms with E-state index in [1.807, 2.05) is 24.8 Å². The minimum absolute atomic E-state index is 0.0806. The molecule has 0 bridgehead atoms. The molecular weight excluding hydrogens is 258 g/mol. The molecule has 0 atom stereocenters. The fourth-order valence-corrected chi connectivity index (χ4v) is 1.77. The molecule has 1 amide bonds. The molecule has 1 rings (SSSR count). The molecule has 0 saturated carbocycles. The summed E-state index contributed by atoms with van der Waals surface area (Å²) in [6.45, 7) is 4.73. The highest BCUT2D eigenvalue weighted by Crippen LogP contribution is 2.18. The first kappa shape index (κ1) is 15.7. The van der Waals surface area contributed by atoms with E-state index in [4.69, 9.17) is 5.11 Å². The largest absolute Gasteiger partial charge is 0.478 e. The summed E-state index contributed by atoms with van der Waals surface area (Å²) in [4.78, 5) is 28.1. The molecule has 0 saturated heterocycles. The average Bonchev–Trinajstić information content (AvgIpc) is 2.42. The Morgan fingerprint density at radius 3 is 2.70 bits per heavy atom. The summed E-state index contributed by atoms with van der Waals surface area (Å²) in [6, 6.07) is 1.84. The monoisotopic (exact) mass is 277 g/mol. The van der Waals surface area contributed by atoms with E-state index >= 15 is 0 Å². The molecule has 1 aromatic rings. The SMILES string of the molecule is CCN(CC(=O)NC)c1ncc(/C=C/C(=O)O)cc1C. The van der Waals surface area contributed by atoms with E-state index in [0.29, 0.717) is 12.1 Å². The fourth-order valence-electron chi connectivity index (χ4n) is 1.77. The van der Waals surface area contributed by atoms with Crippen LogP contribution in [0.25, 0.3) is 6.08 Å². The van der Waals surface area contributed by atoms with Crippen LogP contribution in [0.3, 0.4) is 0 Å². The van der Waals surface area contributed by atoms with Gasteiger partial charge in [0.2, 0.25) is 5.91 Å². The van der Waals surface area contributed by atoms with E-state index in [1.54, 1.807) is 13.2 Å². The van der Waals surface area contributed by atoms with E-state index in [9.17, 15) is 9.59 Å². The maximum Gasteiger partial charge on any atom is 0.328 e. The van der Waals surface area contributed by atoms with Crippen LogP contribution in [-0.4, -0.2) is 42.1 Å². The number of carboxylic acid groups (broad SMARTS) is 1. The van der Waals surface area contributed by atoms with Gasteiger partial charge in [-0.25, -0.2) is 9.78 Å². The summed E-state index contributed by atoms with van der Waals surface area (Å²) in [5.74, 6) is -0.354. The molecular formula is C14H19N3O3. The van der Waals surface area contributed by atoms with Crippen molar-refractivity contribution in [3.05, 3.63) is 29.5 Å². The second kappa shape index (κ2) is 7.28. The maximum absolute atomic E-state index is 11.5. The Kier molecular flexibility index (Phi) is 5.71. The van der Waals surface area contributed by atoms with Gasteiger partial charge in [0.05, 0.1) is 6.54 Å². The van der Waals surface area contributed by atoms with Crippen molar-refractivity contribution < 1.29 is 14.7 Å². The Morgan fingerprint density at radius 1 is 1.50 bits per heavy atom. The lowest BCUT2D eigenvalue weighted by molar-refractivity contribution is -0.131. The van der Waals surface area contributed by atoms with Crippen molar-refractivity contribution in [3.63, 3.8) is 0 Å². The van der Waals surface area contributed by atoms with Crippen LogP contribution >= 0.6 is 0 Å². The van der Waals surface area contributed by atoms with Gasteiger partial charge in [0.1, 0.15) is 5.82 Å². The minimum atomic E-state index is -0.999. The van der Waals surface area contributed by atoms with Gasteiger partial charge in [-0.2, -0.15) is 0 Å². The quantitative estimate of drug-likeness (QED) is 0.760. The summed E-state index contributed by atoms with van der Waals surface area (Å²) in [5.41, 5.74) is 1.60. The van der Waals surface area contributed by atoms with Crippen LogP contribution < -0.4 is 10.2 Å². The molecule has 20 heavy (non-hydrogen) atoms. The molecule has 1 aromatic heterocycles. The van der Waals surface area contributed by atoms with E-state index in [1.165, 1.54) is 6.08 Å². The number of anilines is 1. The van der Waals surface area contributed by atoms with Crippen LogP contribution in [0.5, 0.6) is 0 Å². The highest BCUT2D eigenvalue weighted by atomic mass is 16.4.